The zero-order valence-corrected chi connectivity index (χ0v) is 10.6. The van der Waals surface area contributed by atoms with E-state index >= 15 is 0 Å². The first-order chi connectivity index (χ1) is 8.22. The molecule has 1 atom stereocenters. The van der Waals surface area contributed by atoms with E-state index in [2.05, 4.69) is 32.1 Å². The molecule has 17 heavy (non-hydrogen) atoms. The van der Waals surface area contributed by atoms with Crippen LogP contribution in [0.15, 0.2) is 0 Å². The van der Waals surface area contributed by atoms with E-state index in [0.29, 0.717) is 23.8 Å². The van der Waals surface area contributed by atoms with Gasteiger partial charge in [0.05, 0.1) is 7.11 Å². The Bertz CT molecular complexity index is 384. The van der Waals surface area contributed by atoms with E-state index in [1.165, 1.54) is 6.42 Å². The summed E-state index contributed by atoms with van der Waals surface area (Å²) in [5.41, 5.74) is 0. The van der Waals surface area contributed by atoms with Gasteiger partial charge in [-0.1, -0.05) is 6.92 Å². The van der Waals surface area contributed by atoms with Crippen molar-refractivity contribution < 1.29 is 4.74 Å². The van der Waals surface area contributed by atoms with Crippen LogP contribution < -0.4 is 15.0 Å². The molecule has 6 nitrogen and oxygen atoms in total. The fourth-order valence-electron chi connectivity index (χ4n) is 1.93. The van der Waals surface area contributed by atoms with E-state index in [0.717, 1.165) is 19.6 Å². The molecule has 0 radical (unpaired) electrons. The van der Waals surface area contributed by atoms with E-state index in [9.17, 15) is 0 Å². The van der Waals surface area contributed by atoms with Crippen molar-refractivity contribution in [1.82, 2.24) is 15.0 Å². The molecule has 1 fully saturated rings. The van der Waals surface area contributed by atoms with Gasteiger partial charge in [0.25, 0.3) is 0 Å². The number of aromatic nitrogens is 3. The number of hydrogen-bond donors (Lipinski definition) is 1. The van der Waals surface area contributed by atoms with Gasteiger partial charge in [-0.2, -0.15) is 15.0 Å². The molecule has 1 unspecified atom stereocenters. The second kappa shape index (κ2) is 5.16. The Morgan fingerprint density at radius 1 is 1.41 bits per heavy atom. The molecule has 0 amide bonds. The average Bonchev–Trinajstić information content (AvgIpc) is 2.76. The fraction of sp³-hybridized carbons (Fsp3) is 0.727. The normalized spacial score (nSPS) is 19.5. The van der Waals surface area contributed by atoms with Crippen LogP contribution >= 0.6 is 0 Å². The highest BCUT2D eigenvalue weighted by atomic mass is 16.5. The Kier molecular flexibility index (Phi) is 3.61. The van der Waals surface area contributed by atoms with Crippen molar-refractivity contribution in [3.05, 3.63) is 0 Å². The Morgan fingerprint density at radius 3 is 2.82 bits per heavy atom. The summed E-state index contributed by atoms with van der Waals surface area (Å²) in [4.78, 5) is 15.0. The van der Waals surface area contributed by atoms with Crippen LogP contribution in [0.2, 0.25) is 0 Å². The number of rotatable bonds is 4. The van der Waals surface area contributed by atoms with E-state index in [1.807, 2.05) is 6.92 Å². The number of hydrogen-bond acceptors (Lipinski definition) is 6. The summed E-state index contributed by atoms with van der Waals surface area (Å²) in [7, 11) is 1.57. The van der Waals surface area contributed by atoms with Gasteiger partial charge in [0.15, 0.2) is 0 Å². The van der Waals surface area contributed by atoms with E-state index in [4.69, 9.17) is 4.74 Å². The summed E-state index contributed by atoms with van der Waals surface area (Å²) >= 11 is 0. The second-order valence-corrected chi connectivity index (χ2v) is 4.32. The molecule has 0 aromatic carbocycles. The van der Waals surface area contributed by atoms with Crippen molar-refractivity contribution in [3.8, 4) is 6.01 Å². The Morgan fingerprint density at radius 2 is 2.24 bits per heavy atom. The molecule has 2 rings (SSSR count). The van der Waals surface area contributed by atoms with Crippen LogP contribution in [0.1, 0.15) is 20.3 Å². The third kappa shape index (κ3) is 2.75. The molecule has 0 bridgehead atoms. The molecule has 1 aliphatic rings. The van der Waals surface area contributed by atoms with Gasteiger partial charge in [0.2, 0.25) is 11.9 Å². The number of methoxy groups -OCH3 is 1. The Balaban J connectivity index is 2.23. The number of ether oxygens (including phenoxy) is 1. The van der Waals surface area contributed by atoms with Gasteiger partial charge in [0, 0.05) is 19.6 Å². The van der Waals surface area contributed by atoms with Crippen molar-refractivity contribution in [3.63, 3.8) is 0 Å². The molecular formula is C11H19N5O. The molecule has 1 aromatic heterocycles. The van der Waals surface area contributed by atoms with E-state index in [1.54, 1.807) is 7.11 Å². The zero-order chi connectivity index (χ0) is 12.3. The fourth-order valence-corrected chi connectivity index (χ4v) is 1.93. The maximum Gasteiger partial charge on any atom is 0.322 e. The topological polar surface area (TPSA) is 63.2 Å². The van der Waals surface area contributed by atoms with Crippen molar-refractivity contribution in [2.75, 3.05) is 37.0 Å². The van der Waals surface area contributed by atoms with Gasteiger partial charge in [-0.25, -0.2) is 0 Å². The molecule has 1 saturated heterocycles. The maximum atomic E-state index is 5.10. The lowest BCUT2D eigenvalue weighted by Crippen LogP contribution is -2.22. The zero-order valence-electron chi connectivity index (χ0n) is 10.6. The summed E-state index contributed by atoms with van der Waals surface area (Å²) in [6, 6.07) is 0.366. The predicted octanol–water partition coefficient (Wildman–Crippen LogP) is 1.16. The van der Waals surface area contributed by atoms with Gasteiger partial charge in [0.1, 0.15) is 0 Å². The van der Waals surface area contributed by atoms with Crippen LogP contribution in [-0.4, -0.2) is 41.7 Å². The van der Waals surface area contributed by atoms with Crippen LogP contribution in [0.4, 0.5) is 11.9 Å². The number of anilines is 2. The first-order valence-corrected chi connectivity index (χ1v) is 6.01. The highest BCUT2D eigenvalue weighted by Gasteiger charge is 2.22. The highest BCUT2D eigenvalue weighted by Crippen LogP contribution is 2.22. The van der Waals surface area contributed by atoms with E-state index in [-0.39, 0.29) is 0 Å². The minimum Gasteiger partial charge on any atom is -0.467 e. The third-order valence-corrected chi connectivity index (χ3v) is 2.83. The summed E-state index contributed by atoms with van der Waals surface area (Å²) in [5.74, 6) is 1.98. The molecule has 94 valence electrons. The molecule has 1 N–H and O–H groups in total. The Hall–Kier alpha value is -1.59. The molecule has 1 aliphatic heterocycles. The SMILES string of the molecule is CCNc1nc(OC)nc(N2CCC(C)C2)n1. The maximum absolute atomic E-state index is 5.10. The lowest BCUT2D eigenvalue weighted by Gasteiger charge is -2.16. The van der Waals surface area contributed by atoms with Gasteiger partial charge >= 0.3 is 6.01 Å². The van der Waals surface area contributed by atoms with Crippen LogP contribution in [0.25, 0.3) is 0 Å². The summed E-state index contributed by atoms with van der Waals surface area (Å²) < 4.78 is 5.10. The lowest BCUT2D eigenvalue weighted by molar-refractivity contribution is 0.379. The molecule has 6 heteroatoms. The lowest BCUT2D eigenvalue weighted by atomic mass is 10.2. The summed E-state index contributed by atoms with van der Waals surface area (Å²) in [6.07, 6.45) is 1.19. The monoisotopic (exact) mass is 237 g/mol. The third-order valence-electron chi connectivity index (χ3n) is 2.83. The summed E-state index contributed by atoms with van der Waals surface area (Å²) in [5, 5.41) is 3.09. The van der Waals surface area contributed by atoms with Crippen molar-refractivity contribution in [2.45, 2.75) is 20.3 Å². The first kappa shape index (κ1) is 11.9. The summed E-state index contributed by atoms with van der Waals surface area (Å²) in [6.45, 7) is 7.03. The van der Waals surface area contributed by atoms with Crippen LogP contribution in [-0.2, 0) is 0 Å². The van der Waals surface area contributed by atoms with Gasteiger partial charge in [-0.3, -0.25) is 0 Å². The van der Waals surface area contributed by atoms with E-state index < -0.39 is 0 Å². The average molecular weight is 237 g/mol. The first-order valence-electron chi connectivity index (χ1n) is 6.01. The van der Waals surface area contributed by atoms with Crippen LogP contribution in [0.3, 0.4) is 0 Å². The van der Waals surface area contributed by atoms with Gasteiger partial charge in [-0.05, 0) is 19.3 Å². The number of nitrogens with one attached hydrogen (secondary N) is 1. The van der Waals surface area contributed by atoms with Crippen molar-refractivity contribution >= 4 is 11.9 Å². The van der Waals surface area contributed by atoms with Gasteiger partial charge < -0.3 is 15.0 Å². The van der Waals surface area contributed by atoms with Crippen molar-refractivity contribution in [2.24, 2.45) is 5.92 Å². The van der Waals surface area contributed by atoms with Crippen LogP contribution in [0, 0.1) is 5.92 Å². The quantitative estimate of drug-likeness (QED) is 0.847. The van der Waals surface area contributed by atoms with Crippen molar-refractivity contribution in [1.29, 1.82) is 0 Å². The highest BCUT2D eigenvalue weighted by molar-refractivity contribution is 5.39. The standard InChI is InChI=1S/C11H19N5O/c1-4-12-9-13-10(15-11(14-9)17-3)16-6-5-8(2)7-16/h8H,4-7H2,1-3H3,(H,12,13,14,15). The minimum absolute atomic E-state index is 0.366. The number of nitrogens with zero attached hydrogens (tertiary/aromatic N) is 4. The molecule has 0 aliphatic carbocycles. The second-order valence-electron chi connectivity index (χ2n) is 4.32. The molecule has 0 saturated carbocycles. The minimum atomic E-state index is 0.366. The molecule has 1 aromatic rings. The smallest absolute Gasteiger partial charge is 0.322 e. The largest absolute Gasteiger partial charge is 0.467 e. The van der Waals surface area contributed by atoms with Gasteiger partial charge in [-0.15, -0.1) is 0 Å². The van der Waals surface area contributed by atoms with Crippen LogP contribution in [0.5, 0.6) is 6.01 Å². The molecule has 2 heterocycles. The predicted molar refractivity (Wildman–Crippen MR) is 66.5 cm³/mol. The molecular weight excluding hydrogens is 218 g/mol. The Labute approximate surface area is 101 Å². The molecule has 0 spiro atoms.